The molecular weight excluding hydrogens is 272 g/mol. The lowest BCUT2D eigenvalue weighted by Crippen LogP contribution is -2.57. The van der Waals surface area contributed by atoms with Crippen molar-refractivity contribution in [3.8, 4) is 0 Å². The van der Waals surface area contributed by atoms with Crippen molar-refractivity contribution in [2.75, 3.05) is 0 Å². The van der Waals surface area contributed by atoms with Gasteiger partial charge in [-0.3, -0.25) is 4.79 Å². The van der Waals surface area contributed by atoms with Crippen LogP contribution in [-0.2, 0) is 11.3 Å². The van der Waals surface area contributed by atoms with Crippen LogP contribution in [0.2, 0.25) is 0 Å². The summed E-state index contributed by atoms with van der Waals surface area (Å²) in [4.78, 5) is 15.2. The van der Waals surface area contributed by atoms with E-state index in [0.29, 0.717) is 23.5 Å². The van der Waals surface area contributed by atoms with Crippen molar-refractivity contribution in [1.82, 2.24) is 4.90 Å². The average molecular weight is 292 g/mol. The largest absolute Gasteiger partial charge is 0.467 e. The zero-order valence-electron chi connectivity index (χ0n) is 11.7. The lowest BCUT2D eigenvalue weighted by Gasteiger charge is -2.46. The number of carbonyl (C=O) groups excluding carboxylic acids is 1. The van der Waals surface area contributed by atoms with Crippen molar-refractivity contribution in [3.63, 3.8) is 0 Å². The Labute approximate surface area is 124 Å². The summed E-state index contributed by atoms with van der Waals surface area (Å²) < 4.78 is 5.38. The fourth-order valence-corrected chi connectivity index (χ4v) is 3.46. The maximum absolute atomic E-state index is 13.0. The van der Waals surface area contributed by atoms with E-state index in [2.05, 4.69) is 6.92 Å². The highest BCUT2D eigenvalue weighted by molar-refractivity contribution is 7.80. The van der Waals surface area contributed by atoms with E-state index < -0.39 is 5.41 Å². The number of hydrogen-bond donors (Lipinski definition) is 1. The Kier molecular flexibility index (Phi) is 3.32. The van der Waals surface area contributed by atoms with Crippen LogP contribution in [0.4, 0.5) is 0 Å². The molecule has 2 N–H and O–H groups in total. The Morgan fingerprint density at radius 1 is 1.55 bits per heavy atom. The van der Waals surface area contributed by atoms with Crippen LogP contribution >= 0.6 is 12.2 Å². The first kappa shape index (κ1) is 13.6. The second-order valence-electron chi connectivity index (χ2n) is 6.20. The first-order valence-electron chi connectivity index (χ1n) is 7.16. The number of carbonyl (C=O) groups is 1. The van der Waals surface area contributed by atoms with Gasteiger partial charge in [-0.25, -0.2) is 0 Å². The minimum atomic E-state index is -0.607. The molecule has 20 heavy (non-hydrogen) atoms. The highest BCUT2D eigenvalue weighted by Gasteiger charge is 2.54. The normalized spacial score (nSPS) is 28.8. The monoisotopic (exact) mass is 292 g/mol. The Morgan fingerprint density at radius 2 is 2.25 bits per heavy atom. The van der Waals surface area contributed by atoms with Crippen LogP contribution in [0.15, 0.2) is 22.8 Å². The van der Waals surface area contributed by atoms with Crippen molar-refractivity contribution < 1.29 is 9.21 Å². The highest BCUT2D eigenvalue weighted by atomic mass is 32.1. The van der Waals surface area contributed by atoms with Gasteiger partial charge in [-0.15, -0.1) is 0 Å². The SMILES string of the molecule is CC1CC(C(=O)N(Cc2ccco2)C2CC2)(C(N)=S)C1. The Morgan fingerprint density at radius 3 is 2.70 bits per heavy atom. The van der Waals surface area contributed by atoms with Crippen molar-refractivity contribution >= 4 is 23.1 Å². The number of furan rings is 1. The summed E-state index contributed by atoms with van der Waals surface area (Å²) in [5.74, 6) is 1.43. The van der Waals surface area contributed by atoms with E-state index in [0.717, 1.165) is 31.4 Å². The van der Waals surface area contributed by atoms with Gasteiger partial charge >= 0.3 is 0 Å². The Balaban J connectivity index is 1.80. The molecule has 108 valence electrons. The standard InChI is InChI=1S/C15H20N2O2S/c1-10-7-15(8-10,13(16)20)14(18)17(11-4-5-11)9-12-3-2-6-19-12/h2-3,6,10-11H,4-5,7-9H2,1H3,(H2,16,20). The summed E-state index contributed by atoms with van der Waals surface area (Å²) in [6, 6.07) is 4.08. The van der Waals surface area contributed by atoms with Crippen LogP contribution in [0.5, 0.6) is 0 Å². The molecule has 2 fully saturated rings. The van der Waals surface area contributed by atoms with Gasteiger partial charge in [0.1, 0.15) is 5.76 Å². The molecule has 0 atom stereocenters. The van der Waals surface area contributed by atoms with Gasteiger partial charge in [-0.2, -0.15) is 0 Å². The fraction of sp³-hybridized carbons (Fsp3) is 0.600. The van der Waals surface area contributed by atoms with Gasteiger partial charge < -0.3 is 15.1 Å². The van der Waals surface area contributed by atoms with E-state index in [1.54, 1.807) is 6.26 Å². The van der Waals surface area contributed by atoms with Crippen LogP contribution in [0.1, 0.15) is 38.4 Å². The molecule has 2 aliphatic carbocycles. The van der Waals surface area contributed by atoms with Crippen molar-refractivity contribution in [2.45, 2.75) is 45.2 Å². The maximum atomic E-state index is 13.0. The Bertz CT molecular complexity index is 516. The third-order valence-corrected chi connectivity index (χ3v) is 4.82. The third-order valence-electron chi connectivity index (χ3n) is 4.43. The molecule has 1 heterocycles. The number of thiocarbonyl (C=S) groups is 1. The maximum Gasteiger partial charge on any atom is 0.236 e. The molecular formula is C15H20N2O2S. The molecule has 0 aliphatic heterocycles. The van der Waals surface area contributed by atoms with Crippen molar-refractivity contribution in [3.05, 3.63) is 24.2 Å². The van der Waals surface area contributed by atoms with E-state index in [1.165, 1.54) is 0 Å². The first-order chi connectivity index (χ1) is 9.53. The molecule has 1 aromatic heterocycles. The second kappa shape index (κ2) is 4.88. The summed E-state index contributed by atoms with van der Waals surface area (Å²) >= 11 is 5.19. The summed E-state index contributed by atoms with van der Waals surface area (Å²) in [5.41, 5.74) is 5.28. The molecule has 3 rings (SSSR count). The zero-order chi connectivity index (χ0) is 14.3. The minimum Gasteiger partial charge on any atom is -0.467 e. The molecule has 0 unspecified atom stereocenters. The molecule has 2 saturated carbocycles. The van der Waals surface area contributed by atoms with Crippen LogP contribution in [0, 0.1) is 11.3 Å². The van der Waals surface area contributed by atoms with E-state index in [1.807, 2.05) is 17.0 Å². The lowest BCUT2D eigenvalue weighted by molar-refractivity contribution is -0.145. The number of hydrogen-bond acceptors (Lipinski definition) is 3. The third kappa shape index (κ3) is 2.24. The van der Waals surface area contributed by atoms with Gasteiger partial charge in [0.25, 0.3) is 0 Å². The predicted molar refractivity (Wildman–Crippen MR) is 79.9 cm³/mol. The number of amides is 1. The molecule has 1 aromatic rings. The van der Waals surface area contributed by atoms with E-state index >= 15 is 0 Å². The molecule has 4 nitrogen and oxygen atoms in total. The molecule has 2 aliphatic rings. The van der Waals surface area contributed by atoms with E-state index in [9.17, 15) is 4.79 Å². The molecule has 0 saturated heterocycles. The fourth-order valence-electron chi connectivity index (χ4n) is 3.21. The molecule has 0 spiro atoms. The molecule has 0 aromatic carbocycles. The van der Waals surface area contributed by atoms with Crippen LogP contribution in [0.3, 0.4) is 0 Å². The van der Waals surface area contributed by atoms with Gasteiger partial charge in [-0.05, 0) is 43.7 Å². The topological polar surface area (TPSA) is 59.5 Å². The van der Waals surface area contributed by atoms with Gasteiger partial charge in [0, 0.05) is 6.04 Å². The summed E-state index contributed by atoms with van der Waals surface area (Å²) in [5, 5.41) is 0. The second-order valence-corrected chi connectivity index (χ2v) is 6.64. The first-order valence-corrected chi connectivity index (χ1v) is 7.57. The van der Waals surface area contributed by atoms with Gasteiger partial charge in [0.15, 0.2) is 0 Å². The molecule has 1 amide bonds. The zero-order valence-corrected chi connectivity index (χ0v) is 12.5. The minimum absolute atomic E-state index is 0.0991. The van der Waals surface area contributed by atoms with Crippen molar-refractivity contribution in [1.29, 1.82) is 0 Å². The Hall–Kier alpha value is -1.36. The van der Waals surface area contributed by atoms with Crippen molar-refractivity contribution in [2.24, 2.45) is 17.1 Å². The lowest BCUT2D eigenvalue weighted by atomic mass is 9.61. The number of nitrogens with zero attached hydrogens (tertiary/aromatic N) is 1. The van der Waals surface area contributed by atoms with Gasteiger partial charge in [-0.1, -0.05) is 19.1 Å². The van der Waals surface area contributed by atoms with Crippen LogP contribution in [0.25, 0.3) is 0 Å². The molecule has 5 heteroatoms. The van der Waals surface area contributed by atoms with Gasteiger partial charge in [0.05, 0.1) is 23.2 Å². The smallest absolute Gasteiger partial charge is 0.236 e. The highest BCUT2D eigenvalue weighted by Crippen LogP contribution is 2.48. The summed E-state index contributed by atoms with van der Waals surface area (Å²) in [6.07, 6.45) is 5.33. The average Bonchev–Trinajstić information content (AvgIpc) is 3.08. The van der Waals surface area contributed by atoms with Crippen LogP contribution in [-0.4, -0.2) is 21.8 Å². The quantitative estimate of drug-likeness (QED) is 0.847. The number of rotatable bonds is 5. The molecule has 0 bridgehead atoms. The summed E-state index contributed by atoms with van der Waals surface area (Å²) in [7, 11) is 0. The predicted octanol–water partition coefficient (Wildman–Crippen LogP) is 2.47. The van der Waals surface area contributed by atoms with Crippen LogP contribution < -0.4 is 5.73 Å². The van der Waals surface area contributed by atoms with Gasteiger partial charge in [0.2, 0.25) is 5.91 Å². The molecule has 0 radical (unpaired) electrons. The van der Waals surface area contributed by atoms with E-state index in [-0.39, 0.29) is 5.91 Å². The summed E-state index contributed by atoms with van der Waals surface area (Å²) in [6.45, 7) is 2.66. The number of nitrogens with two attached hydrogens (primary N) is 1. The van der Waals surface area contributed by atoms with E-state index in [4.69, 9.17) is 22.4 Å².